The normalized spacial score (nSPS) is 37.1. The third-order valence-electron chi connectivity index (χ3n) is 3.79. The maximum Gasteiger partial charge on any atom is 0.0993 e. The second kappa shape index (κ2) is 3.87. The maximum absolute atomic E-state index is 4.58. The van der Waals surface area contributed by atoms with Crippen LogP contribution in [0.4, 0.5) is 0 Å². The lowest BCUT2D eigenvalue weighted by Gasteiger charge is -2.48. The molecule has 2 nitrogen and oxygen atoms in total. The van der Waals surface area contributed by atoms with Gasteiger partial charge in [0.2, 0.25) is 0 Å². The highest BCUT2D eigenvalue weighted by atomic mass is 32.1. The van der Waals surface area contributed by atoms with Crippen molar-refractivity contribution in [2.24, 2.45) is 10.9 Å². The Hall–Kier alpha value is -0.240. The van der Waals surface area contributed by atoms with Crippen LogP contribution in [0.5, 0.6) is 0 Å². The minimum atomic E-state index is 0.883. The second-order valence-corrected chi connectivity index (χ2v) is 4.62. The fourth-order valence-corrected chi connectivity index (χ4v) is 2.87. The zero-order chi connectivity index (χ0) is 9.15. The molecule has 13 heavy (non-hydrogen) atoms. The summed E-state index contributed by atoms with van der Waals surface area (Å²) in [7, 11) is 0. The molecule has 0 N–H and O–H groups in total. The van der Waals surface area contributed by atoms with Gasteiger partial charge in [0.1, 0.15) is 0 Å². The zero-order valence-electron chi connectivity index (χ0n) is 8.04. The van der Waals surface area contributed by atoms with Crippen molar-refractivity contribution in [1.29, 1.82) is 0 Å². The Morgan fingerprint density at radius 2 is 1.85 bits per heavy atom. The van der Waals surface area contributed by atoms with Crippen LogP contribution in [-0.4, -0.2) is 42.4 Å². The highest BCUT2D eigenvalue weighted by molar-refractivity contribution is 7.78. The van der Waals surface area contributed by atoms with Crippen LogP contribution in [0.15, 0.2) is 4.99 Å². The zero-order valence-corrected chi connectivity index (χ0v) is 8.85. The molecule has 0 spiro atoms. The molecule has 3 rings (SSSR count). The molecule has 3 saturated heterocycles. The number of hydrogen-bond donors (Lipinski definition) is 0. The molecule has 0 aromatic carbocycles. The van der Waals surface area contributed by atoms with Crippen LogP contribution < -0.4 is 0 Å². The van der Waals surface area contributed by atoms with E-state index in [0.717, 1.165) is 12.5 Å². The van der Waals surface area contributed by atoms with E-state index in [1.165, 1.54) is 49.9 Å². The Morgan fingerprint density at radius 1 is 1.23 bits per heavy atom. The van der Waals surface area contributed by atoms with E-state index in [4.69, 9.17) is 0 Å². The van der Waals surface area contributed by atoms with Gasteiger partial charge in [-0.3, -0.25) is 0 Å². The van der Waals surface area contributed by atoms with Crippen molar-refractivity contribution in [2.45, 2.75) is 19.3 Å². The number of quaternary nitrogens is 1. The van der Waals surface area contributed by atoms with Crippen molar-refractivity contribution in [3.63, 3.8) is 0 Å². The highest BCUT2D eigenvalue weighted by Crippen LogP contribution is 2.32. The van der Waals surface area contributed by atoms with Gasteiger partial charge in [0.15, 0.2) is 0 Å². The van der Waals surface area contributed by atoms with E-state index in [0.29, 0.717) is 0 Å². The summed E-state index contributed by atoms with van der Waals surface area (Å²) in [4.78, 5) is 4.03. The van der Waals surface area contributed by atoms with E-state index in [1.807, 2.05) is 0 Å². The lowest BCUT2D eigenvalue weighted by atomic mass is 9.86. The lowest BCUT2D eigenvalue weighted by Crippen LogP contribution is -2.59. The van der Waals surface area contributed by atoms with Crippen LogP contribution >= 0.6 is 12.2 Å². The molecule has 3 heteroatoms. The topological polar surface area (TPSA) is 12.4 Å². The number of isothiocyanates is 1. The van der Waals surface area contributed by atoms with Gasteiger partial charge in [0, 0.05) is 0 Å². The van der Waals surface area contributed by atoms with Crippen molar-refractivity contribution in [1.82, 2.24) is 0 Å². The van der Waals surface area contributed by atoms with Crippen molar-refractivity contribution < 1.29 is 4.48 Å². The summed E-state index contributed by atoms with van der Waals surface area (Å²) in [5.41, 5.74) is 0. The Kier molecular flexibility index (Phi) is 2.77. The minimum absolute atomic E-state index is 0.883. The van der Waals surface area contributed by atoms with Gasteiger partial charge in [-0.25, -0.2) is 4.99 Å². The smallest absolute Gasteiger partial charge is 0.0993 e. The number of rotatable bonds is 3. The van der Waals surface area contributed by atoms with Gasteiger partial charge in [0.25, 0.3) is 0 Å². The quantitative estimate of drug-likeness (QED) is 0.381. The molecular weight excluding hydrogens is 180 g/mol. The summed E-state index contributed by atoms with van der Waals surface area (Å²) in [5.74, 6) is 1.05. The van der Waals surface area contributed by atoms with E-state index >= 15 is 0 Å². The van der Waals surface area contributed by atoms with Crippen molar-refractivity contribution in [2.75, 3.05) is 32.7 Å². The van der Waals surface area contributed by atoms with Gasteiger partial charge in [0.05, 0.1) is 37.9 Å². The SMILES string of the molecule is S=C=NCC[N+]12CCC(CC1)CC2. The summed E-state index contributed by atoms with van der Waals surface area (Å²) >= 11 is 4.58. The Morgan fingerprint density at radius 3 is 2.38 bits per heavy atom. The molecule has 3 aliphatic rings. The number of nitrogens with zero attached hydrogens (tertiary/aromatic N) is 2. The maximum atomic E-state index is 4.58. The third-order valence-corrected chi connectivity index (χ3v) is 3.91. The first-order valence-corrected chi connectivity index (χ1v) is 5.64. The molecule has 0 saturated carbocycles. The minimum Gasteiger partial charge on any atom is -0.322 e. The van der Waals surface area contributed by atoms with Crippen LogP contribution in [0.3, 0.4) is 0 Å². The van der Waals surface area contributed by atoms with Gasteiger partial charge in [-0.05, 0) is 37.4 Å². The molecule has 0 amide bonds. The lowest BCUT2D eigenvalue weighted by molar-refractivity contribution is -0.941. The number of hydrogen-bond acceptors (Lipinski definition) is 2. The molecule has 3 aliphatic heterocycles. The van der Waals surface area contributed by atoms with Crippen LogP contribution in [0.1, 0.15) is 19.3 Å². The molecule has 3 fully saturated rings. The summed E-state index contributed by atoms with van der Waals surface area (Å²) in [6.45, 7) is 6.23. The van der Waals surface area contributed by atoms with Crippen molar-refractivity contribution in [3.8, 4) is 0 Å². The molecule has 3 heterocycles. The third kappa shape index (κ3) is 1.98. The van der Waals surface area contributed by atoms with E-state index in [-0.39, 0.29) is 0 Å². The number of piperidine rings is 3. The monoisotopic (exact) mass is 197 g/mol. The van der Waals surface area contributed by atoms with Crippen LogP contribution in [-0.2, 0) is 0 Å². The molecule has 0 aromatic heterocycles. The standard InChI is InChI=1S/C10H17N2S/c13-9-11-4-8-12-5-1-10(2-6-12)3-7-12/h10H,1-8H2/q+1. The van der Waals surface area contributed by atoms with Gasteiger partial charge in [-0.2, -0.15) is 0 Å². The molecule has 0 unspecified atom stereocenters. The van der Waals surface area contributed by atoms with Crippen LogP contribution in [0.2, 0.25) is 0 Å². The largest absolute Gasteiger partial charge is 0.322 e. The number of aliphatic imine (C=N–C) groups is 1. The molecule has 0 aliphatic carbocycles. The molecule has 2 bridgehead atoms. The van der Waals surface area contributed by atoms with Crippen LogP contribution in [0, 0.1) is 5.92 Å². The summed E-state index contributed by atoms with van der Waals surface area (Å²) in [5, 5.41) is 2.46. The first-order chi connectivity index (χ1) is 6.35. The first kappa shape index (κ1) is 9.32. The van der Waals surface area contributed by atoms with Crippen LogP contribution in [0.25, 0.3) is 0 Å². The predicted molar refractivity (Wildman–Crippen MR) is 57.0 cm³/mol. The predicted octanol–water partition coefficient (Wildman–Crippen LogP) is 1.72. The molecular formula is C10H17N2S+. The van der Waals surface area contributed by atoms with Gasteiger partial charge in [-0.15, -0.1) is 0 Å². The van der Waals surface area contributed by atoms with E-state index in [9.17, 15) is 0 Å². The second-order valence-electron chi connectivity index (χ2n) is 4.44. The first-order valence-electron chi connectivity index (χ1n) is 5.23. The Bertz CT molecular complexity index is 211. The number of fused-ring (bicyclic) bond motifs is 3. The highest BCUT2D eigenvalue weighted by Gasteiger charge is 2.38. The van der Waals surface area contributed by atoms with E-state index in [2.05, 4.69) is 22.4 Å². The fourth-order valence-electron chi connectivity index (χ4n) is 2.78. The van der Waals surface area contributed by atoms with Gasteiger partial charge < -0.3 is 4.48 Å². The number of thiocarbonyl (C=S) groups is 1. The molecule has 0 atom stereocenters. The Balaban J connectivity index is 1.90. The van der Waals surface area contributed by atoms with Gasteiger partial charge >= 0.3 is 0 Å². The molecule has 72 valence electrons. The summed E-state index contributed by atoms with van der Waals surface area (Å²) in [6.07, 6.45) is 4.34. The average Bonchev–Trinajstić information content (AvgIpc) is 2.21. The van der Waals surface area contributed by atoms with Crippen molar-refractivity contribution in [3.05, 3.63) is 0 Å². The summed E-state index contributed by atoms with van der Waals surface area (Å²) < 4.78 is 1.32. The van der Waals surface area contributed by atoms with Crippen molar-refractivity contribution >= 4 is 17.4 Å². The van der Waals surface area contributed by atoms with E-state index in [1.54, 1.807) is 0 Å². The fraction of sp³-hybridized carbons (Fsp3) is 0.900. The summed E-state index contributed by atoms with van der Waals surface area (Å²) in [6, 6.07) is 0. The average molecular weight is 197 g/mol. The Labute approximate surface area is 85.2 Å². The van der Waals surface area contributed by atoms with Gasteiger partial charge in [-0.1, -0.05) is 0 Å². The van der Waals surface area contributed by atoms with E-state index < -0.39 is 0 Å². The molecule has 0 aromatic rings. The molecule has 0 radical (unpaired) electrons.